The first-order valence-corrected chi connectivity index (χ1v) is 10.4. The first kappa shape index (κ1) is 21.6. The Labute approximate surface area is 163 Å². The molecule has 6 nitrogen and oxygen atoms in total. The van der Waals surface area contributed by atoms with Gasteiger partial charge in [-0.1, -0.05) is 12.1 Å². The lowest BCUT2D eigenvalue weighted by atomic mass is 10.2. The first-order valence-electron chi connectivity index (χ1n) is 8.57. The molecule has 1 N–H and O–H groups in total. The number of halogens is 2. The predicted molar refractivity (Wildman–Crippen MR) is 103 cm³/mol. The van der Waals surface area contributed by atoms with Crippen LogP contribution in [-0.4, -0.2) is 33.2 Å². The van der Waals surface area contributed by atoms with Crippen molar-refractivity contribution in [1.29, 1.82) is 0 Å². The number of hydrogen-bond donors (Lipinski definition) is 1. The van der Waals surface area contributed by atoms with Crippen molar-refractivity contribution in [2.45, 2.75) is 26.4 Å². The van der Waals surface area contributed by atoms with Crippen molar-refractivity contribution in [3.63, 3.8) is 0 Å². The predicted octanol–water partition coefficient (Wildman–Crippen LogP) is 2.83. The molecule has 9 heteroatoms. The first-order chi connectivity index (χ1) is 13.1. The second kappa shape index (κ2) is 9.01. The number of anilines is 1. The van der Waals surface area contributed by atoms with Crippen LogP contribution in [0.2, 0.25) is 0 Å². The maximum atomic E-state index is 13.5. The topological polar surface area (TPSA) is 75.7 Å². The highest BCUT2D eigenvalue weighted by Gasteiger charge is 2.29. The summed E-state index contributed by atoms with van der Waals surface area (Å²) in [7, 11) is -3.92. The number of benzene rings is 2. The molecule has 0 aliphatic heterocycles. The molecule has 0 fully saturated rings. The number of ether oxygens (including phenoxy) is 1. The van der Waals surface area contributed by atoms with Gasteiger partial charge in [-0.25, -0.2) is 17.2 Å². The van der Waals surface area contributed by atoms with E-state index in [1.165, 1.54) is 6.92 Å². The summed E-state index contributed by atoms with van der Waals surface area (Å²) in [5.74, 6) is -2.19. The van der Waals surface area contributed by atoms with E-state index in [4.69, 9.17) is 4.74 Å². The van der Waals surface area contributed by atoms with Crippen LogP contribution in [-0.2, 0) is 21.4 Å². The molecule has 1 unspecified atom stereocenters. The standard InChI is InChI=1S/C19H22F2N2O4S/c1-4-27-16-8-5-14(6-9-16)12-22-19(24)13(2)23(28(3,25)26)15-7-10-17(20)18(21)11-15/h5-11,13H,4,12H2,1-3H3,(H,22,24). The zero-order chi connectivity index (χ0) is 20.9. The Morgan fingerprint density at radius 1 is 1.14 bits per heavy atom. The summed E-state index contributed by atoms with van der Waals surface area (Å²) in [4.78, 5) is 12.5. The van der Waals surface area contributed by atoms with E-state index >= 15 is 0 Å². The Balaban J connectivity index is 2.14. The number of nitrogens with zero attached hydrogens (tertiary/aromatic N) is 1. The highest BCUT2D eigenvalue weighted by molar-refractivity contribution is 7.92. The van der Waals surface area contributed by atoms with Gasteiger partial charge in [-0.2, -0.15) is 0 Å². The van der Waals surface area contributed by atoms with E-state index in [1.54, 1.807) is 24.3 Å². The Bertz CT molecular complexity index is 933. The fraction of sp³-hybridized carbons (Fsp3) is 0.316. The zero-order valence-electron chi connectivity index (χ0n) is 15.8. The van der Waals surface area contributed by atoms with Gasteiger partial charge in [0.05, 0.1) is 18.6 Å². The van der Waals surface area contributed by atoms with E-state index in [1.807, 2.05) is 6.92 Å². The molecule has 0 aliphatic carbocycles. The fourth-order valence-electron chi connectivity index (χ4n) is 2.64. The normalized spacial score (nSPS) is 12.3. The molecular formula is C19H22F2N2O4S. The van der Waals surface area contributed by atoms with Crippen molar-refractivity contribution < 1.29 is 26.7 Å². The summed E-state index contributed by atoms with van der Waals surface area (Å²) in [5.41, 5.74) is 0.660. The van der Waals surface area contributed by atoms with Gasteiger partial charge in [-0.15, -0.1) is 0 Å². The molecule has 0 heterocycles. The van der Waals surface area contributed by atoms with Gasteiger partial charge < -0.3 is 10.1 Å². The molecule has 1 atom stereocenters. The van der Waals surface area contributed by atoms with Gasteiger partial charge in [-0.05, 0) is 43.7 Å². The molecule has 1 amide bonds. The van der Waals surface area contributed by atoms with E-state index in [0.717, 1.165) is 34.3 Å². The molecule has 0 radical (unpaired) electrons. The monoisotopic (exact) mass is 412 g/mol. The lowest BCUT2D eigenvalue weighted by Crippen LogP contribution is -2.47. The summed E-state index contributed by atoms with van der Waals surface area (Å²) < 4.78 is 57.1. The number of carbonyl (C=O) groups is 1. The van der Waals surface area contributed by atoms with Gasteiger partial charge in [0.1, 0.15) is 11.8 Å². The van der Waals surface area contributed by atoms with Crippen LogP contribution in [0.1, 0.15) is 19.4 Å². The minimum absolute atomic E-state index is 0.134. The van der Waals surface area contributed by atoms with Crippen molar-refractivity contribution >= 4 is 21.6 Å². The Morgan fingerprint density at radius 3 is 2.32 bits per heavy atom. The van der Waals surface area contributed by atoms with Gasteiger partial charge in [0.25, 0.3) is 0 Å². The van der Waals surface area contributed by atoms with Crippen LogP contribution in [0, 0.1) is 11.6 Å². The minimum Gasteiger partial charge on any atom is -0.494 e. The van der Waals surface area contributed by atoms with Crippen molar-refractivity contribution in [2.24, 2.45) is 0 Å². The molecule has 0 spiro atoms. The summed E-state index contributed by atoms with van der Waals surface area (Å²) in [5, 5.41) is 2.64. The molecule has 0 saturated heterocycles. The molecule has 28 heavy (non-hydrogen) atoms. The number of rotatable bonds is 8. The molecule has 0 bridgehead atoms. The second-order valence-corrected chi connectivity index (χ2v) is 7.99. The zero-order valence-corrected chi connectivity index (χ0v) is 16.6. The average molecular weight is 412 g/mol. The number of hydrogen-bond acceptors (Lipinski definition) is 4. The van der Waals surface area contributed by atoms with Crippen LogP contribution in [0.25, 0.3) is 0 Å². The smallest absolute Gasteiger partial charge is 0.243 e. The van der Waals surface area contributed by atoms with Crippen molar-refractivity contribution in [3.05, 3.63) is 59.7 Å². The van der Waals surface area contributed by atoms with E-state index in [0.29, 0.717) is 12.4 Å². The molecular weight excluding hydrogens is 390 g/mol. The lowest BCUT2D eigenvalue weighted by molar-refractivity contribution is -0.122. The SMILES string of the molecule is CCOc1ccc(CNC(=O)C(C)N(c2ccc(F)c(F)c2)S(C)(=O)=O)cc1. The van der Waals surface area contributed by atoms with Crippen molar-refractivity contribution in [1.82, 2.24) is 5.32 Å². The fourth-order valence-corrected chi connectivity index (χ4v) is 3.80. The largest absolute Gasteiger partial charge is 0.494 e. The van der Waals surface area contributed by atoms with Gasteiger partial charge >= 0.3 is 0 Å². The van der Waals surface area contributed by atoms with Gasteiger partial charge in [0.15, 0.2) is 11.6 Å². The van der Waals surface area contributed by atoms with Gasteiger partial charge in [0, 0.05) is 12.6 Å². The molecule has 0 saturated carbocycles. The Kier molecular flexibility index (Phi) is 6.95. The van der Waals surface area contributed by atoms with E-state index in [-0.39, 0.29) is 12.2 Å². The molecule has 2 rings (SSSR count). The molecule has 2 aromatic rings. The third-order valence-electron chi connectivity index (χ3n) is 3.95. The quantitative estimate of drug-likeness (QED) is 0.724. The van der Waals surface area contributed by atoms with E-state index in [9.17, 15) is 22.0 Å². The van der Waals surface area contributed by atoms with Crippen molar-refractivity contribution in [3.8, 4) is 5.75 Å². The third kappa shape index (κ3) is 5.41. The van der Waals surface area contributed by atoms with Crippen LogP contribution in [0.3, 0.4) is 0 Å². The van der Waals surface area contributed by atoms with Crippen molar-refractivity contribution in [2.75, 3.05) is 17.2 Å². The molecule has 152 valence electrons. The lowest BCUT2D eigenvalue weighted by Gasteiger charge is -2.28. The summed E-state index contributed by atoms with van der Waals surface area (Å²) in [6, 6.07) is 8.58. The summed E-state index contributed by atoms with van der Waals surface area (Å²) >= 11 is 0. The second-order valence-electron chi connectivity index (χ2n) is 6.13. The van der Waals surface area contributed by atoms with Gasteiger partial charge in [0.2, 0.25) is 15.9 Å². The maximum absolute atomic E-state index is 13.5. The highest BCUT2D eigenvalue weighted by atomic mass is 32.2. The molecule has 2 aromatic carbocycles. The third-order valence-corrected chi connectivity index (χ3v) is 5.19. The molecule has 0 aliphatic rings. The minimum atomic E-state index is -3.92. The summed E-state index contributed by atoms with van der Waals surface area (Å²) in [6.45, 7) is 3.95. The number of nitrogens with one attached hydrogen (secondary N) is 1. The number of amides is 1. The van der Waals surface area contributed by atoms with Crippen LogP contribution >= 0.6 is 0 Å². The number of carbonyl (C=O) groups excluding carboxylic acids is 1. The van der Waals surface area contributed by atoms with E-state index in [2.05, 4.69) is 5.32 Å². The number of sulfonamides is 1. The van der Waals surface area contributed by atoms with Crippen LogP contribution in [0.5, 0.6) is 5.75 Å². The van der Waals surface area contributed by atoms with Crippen LogP contribution in [0.15, 0.2) is 42.5 Å². The Morgan fingerprint density at radius 2 is 1.79 bits per heavy atom. The highest BCUT2D eigenvalue weighted by Crippen LogP contribution is 2.23. The summed E-state index contributed by atoms with van der Waals surface area (Å²) in [6.07, 6.45) is 0.893. The molecule has 0 aromatic heterocycles. The average Bonchev–Trinajstić information content (AvgIpc) is 2.63. The van der Waals surface area contributed by atoms with E-state index < -0.39 is 33.6 Å². The van der Waals surface area contributed by atoms with Gasteiger partial charge in [-0.3, -0.25) is 9.10 Å². The Hall–Kier alpha value is -2.68. The maximum Gasteiger partial charge on any atom is 0.243 e. The van der Waals surface area contributed by atoms with Crippen LogP contribution < -0.4 is 14.4 Å². The van der Waals surface area contributed by atoms with Crippen LogP contribution in [0.4, 0.5) is 14.5 Å².